The average Bonchev–Trinajstić information content (AvgIpc) is 3.48. The highest BCUT2D eigenvalue weighted by Gasteiger charge is 2.31. The monoisotopic (exact) mass is 544 g/mol. The maximum absolute atomic E-state index is 11.2. The average molecular weight is 545 g/mol. The van der Waals surface area contributed by atoms with Crippen LogP contribution < -0.4 is 5.73 Å². The normalized spacial score (nSPS) is 19.0. The van der Waals surface area contributed by atoms with Gasteiger partial charge in [-0.15, -0.1) is 11.3 Å². The van der Waals surface area contributed by atoms with Gasteiger partial charge in [0.2, 0.25) is 0 Å². The SMILES string of the molecule is CC(=O)C1CCCCC1C(C)=O.CN1CCc2nc(C=O)sc2C1.NC(=O)c1cc2cc(Cl)ccc2[nH]1. The van der Waals surface area contributed by atoms with Crippen molar-refractivity contribution in [3.8, 4) is 0 Å². The highest BCUT2D eigenvalue weighted by atomic mass is 35.5. The molecule has 37 heavy (non-hydrogen) atoms. The summed E-state index contributed by atoms with van der Waals surface area (Å²) in [6.45, 7) is 5.20. The van der Waals surface area contributed by atoms with Crippen LogP contribution in [0.1, 0.15) is 70.4 Å². The number of thiazole rings is 1. The molecule has 1 amide bonds. The van der Waals surface area contributed by atoms with Crippen LogP contribution in [-0.2, 0) is 22.6 Å². The number of primary amides is 1. The van der Waals surface area contributed by atoms with Gasteiger partial charge in [-0.25, -0.2) is 4.98 Å². The molecule has 3 N–H and O–H groups in total. The molecule has 1 aromatic carbocycles. The Labute approximate surface area is 225 Å². The molecule has 3 heterocycles. The fraction of sp³-hybridized carbons (Fsp3) is 0.444. The van der Waals surface area contributed by atoms with Gasteiger partial charge in [0, 0.05) is 52.1 Å². The summed E-state index contributed by atoms with van der Waals surface area (Å²) in [5.41, 5.74) is 7.50. The molecule has 2 atom stereocenters. The van der Waals surface area contributed by atoms with E-state index in [2.05, 4.69) is 21.9 Å². The Morgan fingerprint density at radius 1 is 1.14 bits per heavy atom. The van der Waals surface area contributed by atoms with Crippen molar-refractivity contribution in [3.63, 3.8) is 0 Å². The summed E-state index contributed by atoms with van der Waals surface area (Å²) in [5.74, 6) is -0.0374. The summed E-state index contributed by atoms with van der Waals surface area (Å²) >= 11 is 7.30. The fourth-order valence-electron chi connectivity index (χ4n) is 4.73. The number of hydrogen-bond acceptors (Lipinski definition) is 7. The van der Waals surface area contributed by atoms with Gasteiger partial charge in [0.15, 0.2) is 11.3 Å². The number of nitrogens with one attached hydrogen (secondary N) is 1. The van der Waals surface area contributed by atoms with Crippen LogP contribution in [0.5, 0.6) is 0 Å². The molecule has 8 nitrogen and oxygen atoms in total. The van der Waals surface area contributed by atoms with Gasteiger partial charge >= 0.3 is 0 Å². The van der Waals surface area contributed by atoms with Crippen molar-refractivity contribution in [3.05, 3.63) is 50.6 Å². The van der Waals surface area contributed by atoms with Crippen molar-refractivity contribution in [2.24, 2.45) is 17.6 Å². The summed E-state index contributed by atoms with van der Waals surface area (Å²) in [6.07, 6.45) is 5.86. The van der Waals surface area contributed by atoms with Crippen molar-refractivity contribution in [1.29, 1.82) is 0 Å². The zero-order chi connectivity index (χ0) is 27.1. The molecule has 1 fully saturated rings. The van der Waals surface area contributed by atoms with E-state index in [4.69, 9.17) is 17.3 Å². The lowest BCUT2D eigenvalue weighted by Crippen LogP contribution is -2.30. The molecule has 2 aromatic heterocycles. The van der Waals surface area contributed by atoms with Crippen LogP contribution in [0.2, 0.25) is 5.02 Å². The Morgan fingerprint density at radius 3 is 2.35 bits per heavy atom. The van der Waals surface area contributed by atoms with Gasteiger partial charge in [0.1, 0.15) is 17.3 Å². The van der Waals surface area contributed by atoms with E-state index in [0.29, 0.717) is 15.7 Å². The summed E-state index contributed by atoms with van der Waals surface area (Å²) in [6, 6.07) is 7.03. The standard InChI is InChI=1S/C10H16O2.C9H7ClN2O.C8H10N2OS/c1-7(11)9-5-3-4-6-10(9)8(2)12;10-6-1-2-7-5(3-6)4-8(12-7)9(11)13;1-10-3-2-6-7(4-10)12-8(5-11)9-6/h9-10H,3-6H2,1-2H3;1-4,12H,(H2,11,13);5H,2-4H2,1H3. The molecule has 0 saturated heterocycles. The number of carbonyl (C=O) groups is 4. The van der Waals surface area contributed by atoms with Crippen molar-refractivity contribution >= 4 is 57.6 Å². The van der Waals surface area contributed by atoms with Crippen molar-refractivity contribution in [1.82, 2.24) is 14.9 Å². The predicted octanol–water partition coefficient (Wildman–Crippen LogP) is 4.83. The first-order valence-corrected chi connectivity index (χ1v) is 13.5. The first-order valence-electron chi connectivity index (χ1n) is 12.3. The Hall–Kier alpha value is -2.88. The maximum Gasteiger partial charge on any atom is 0.265 e. The number of nitrogens with two attached hydrogens (primary N) is 1. The number of fused-ring (bicyclic) bond motifs is 2. The van der Waals surface area contributed by atoms with Crippen molar-refractivity contribution < 1.29 is 19.2 Å². The number of ketones is 2. The van der Waals surface area contributed by atoms with Gasteiger partial charge in [-0.05, 0) is 58.0 Å². The number of Topliss-reactive ketones (excluding diaryl/α,β-unsaturated/α-hetero) is 2. The van der Waals surface area contributed by atoms with Crippen molar-refractivity contribution in [2.75, 3.05) is 13.6 Å². The van der Waals surface area contributed by atoms with Gasteiger partial charge in [-0.1, -0.05) is 24.4 Å². The first-order chi connectivity index (χ1) is 17.6. The second-order valence-corrected chi connectivity index (χ2v) is 11.1. The number of hydrogen-bond donors (Lipinski definition) is 2. The number of likely N-dealkylation sites (N-methyl/N-ethyl adjacent to an activating group) is 1. The smallest absolute Gasteiger partial charge is 0.265 e. The van der Waals surface area contributed by atoms with Crippen LogP contribution >= 0.6 is 22.9 Å². The molecular formula is C27H33ClN4O4S. The van der Waals surface area contributed by atoms with E-state index in [9.17, 15) is 19.2 Å². The van der Waals surface area contributed by atoms with Gasteiger partial charge in [0.25, 0.3) is 5.91 Å². The largest absolute Gasteiger partial charge is 0.364 e. The molecule has 2 aliphatic rings. The molecule has 1 aliphatic carbocycles. The van der Waals surface area contributed by atoms with Gasteiger partial charge in [-0.2, -0.15) is 0 Å². The number of aromatic amines is 1. The number of nitrogens with zero attached hydrogens (tertiary/aromatic N) is 2. The Kier molecular flexibility index (Phi) is 10.1. The molecule has 1 saturated carbocycles. The van der Waals surface area contributed by atoms with E-state index in [1.807, 2.05) is 6.07 Å². The van der Waals surface area contributed by atoms with E-state index >= 15 is 0 Å². The third-order valence-corrected chi connectivity index (χ3v) is 7.94. The third kappa shape index (κ3) is 7.80. The summed E-state index contributed by atoms with van der Waals surface area (Å²) < 4.78 is 0. The van der Waals surface area contributed by atoms with Crippen LogP contribution in [0.3, 0.4) is 0 Å². The highest BCUT2D eigenvalue weighted by molar-refractivity contribution is 7.13. The van der Waals surface area contributed by atoms with E-state index in [1.165, 1.54) is 16.2 Å². The third-order valence-electron chi connectivity index (χ3n) is 6.70. The van der Waals surface area contributed by atoms with Crippen LogP contribution in [0, 0.1) is 11.8 Å². The van der Waals surface area contributed by atoms with Crippen LogP contribution in [-0.4, -0.2) is 52.2 Å². The molecule has 10 heteroatoms. The number of aldehydes is 1. The lowest BCUT2D eigenvalue weighted by molar-refractivity contribution is -0.131. The highest BCUT2D eigenvalue weighted by Crippen LogP contribution is 2.31. The summed E-state index contributed by atoms with van der Waals surface area (Å²) in [5, 5.41) is 2.15. The number of benzene rings is 1. The molecule has 3 aromatic rings. The number of H-pyrrole nitrogens is 1. The molecule has 0 bridgehead atoms. The summed E-state index contributed by atoms with van der Waals surface area (Å²) in [4.78, 5) is 54.2. The number of amides is 1. The number of aromatic nitrogens is 2. The second-order valence-electron chi connectivity index (χ2n) is 9.53. The molecule has 0 radical (unpaired) electrons. The first kappa shape index (κ1) is 28.7. The second kappa shape index (κ2) is 13.1. The molecule has 2 unspecified atom stereocenters. The summed E-state index contributed by atoms with van der Waals surface area (Å²) in [7, 11) is 2.09. The minimum absolute atomic E-state index is 0.0243. The molecule has 5 rings (SSSR count). The molecule has 1 aliphatic heterocycles. The van der Waals surface area contributed by atoms with Crippen molar-refractivity contribution in [2.45, 2.75) is 52.5 Å². The van der Waals surface area contributed by atoms with E-state index < -0.39 is 5.91 Å². The quantitative estimate of drug-likeness (QED) is 0.453. The fourth-order valence-corrected chi connectivity index (χ4v) is 5.92. The number of rotatable bonds is 4. The minimum atomic E-state index is -0.465. The Bertz CT molecular complexity index is 1260. The lowest BCUT2D eigenvalue weighted by Gasteiger charge is -2.27. The van der Waals surface area contributed by atoms with E-state index in [1.54, 1.807) is 32.0 Å². The Balaban J connectivity index is 0.000000154. The Morgan fingerprint density at radius 2 is 1.78 bits per heavy atom. The zero-order valence-corrected chi connectivity index (χ0v) is 23.0. The van der Waals surface area contributed by atoms with Crippen LogP contribution in [0.25, 0.3) is 10.9 Å². The van der Waals surface area contributed by atoms with E-state index in [-0.39, 0.29) is 23.4 Å². The molecular weight excluding hydrogens is 512 g/mol. The van der Waals surface area contributed by atoms with Gasteiger partial charge in [-0.3, -0.25) is 19.2 Å². The predicted molar refractivity (Wildman–Crippen MR) is 146 cm³/mol. The van der Waals surface area contributed by atoms with E-state index in [0.717, 1.165) is 68.1 Å². The molecule has 198 valence electrons. The topological polar surface area (TPSA) is 126 Å². The zero-order valence-electron chi connectivity index (χ0n) is 21.4. The molecule has 0 spiro atoms. The van der Waals surface area contributed by atoms with Crippen LogP contribution in [0.4, 0.5) is 0 Å². The lowest BCUT2D eigenvalue weighted by atomic mass is 9.75. The van der Waals surface area contributed by atoms with Gasteiger partial charge in [0.05, 0.1) is 5.69 Å². The number of carbonyl (C=O) groups excluding carboxylic acids is 4. The van der Waals surface area contributed by atoms with Crippen LogP contribution in [0.15, 0.2) is 24.3 Å². The minimum Gasteiger partial charge on any atom is -0.364 e. The van der Waals surface area contributed by atoms with Gasteiger partial charge < -0.3 is 15.6 Å². The maximum atomic E-state index is 11.2. The number of halogens is 1.